The van der Waals surface area contributed by atoms with Crippen LogP contribution in [0.5, 0.6) is 0 Å². The average molecular weight is 280 g/mol. The molecule has 1 unspecified atom stereocenters. The Labute approximate surface area is 116 Å². The van der Waals surface area contributed by atoms with E-state index in [0.717, 1.165) is 16.5 Å². The van der Waals surface area contributed by atoms with Crippen LogP contribution in [0.1, 0.15) is 11.1 Å². The molecule has 0 aliphatic heterocycles. The molecular formula is C13H14ClN3O2. The number of rotatable bonds is 4. The van der Waals surface area contributed by atoms with Crippen molar-refractivity contribution in [1.82, 2.24) is 10.3 Å². The first-order valence-electron chi connectivity index (χ1n) is 5.56. The summed E-state index contributed by atoms with van der Waals surface area (Å²) >= 11 is 0. The lowest BCUT2D eigenvalue weighted by Gasteiger charge is -2.09. The summed E-state index contributed by atoms with van der Waals surface area (Å²) in [5.41, 5.74) is 2.37. The van der Waals surface area contributed by atoms with Gasteiger partial charge < -0.3 is 15.4 Å². The minimum Gasteiger partial charge on any atom is -0.480 e. The third-order valence-electron chi connectivity index (χ3n) is 2.97. The van der Waals surface area contributed by atoms with Gasteiger partial charge in [-0.25, -0.2) is 0 Å². The Kier molecular flexibility index (Phi) is 4.93. The number of fused-ring (bicyclic) bond motifs is 1. The van der Waals surface area contributed by atoms with Crippen molar-refractivity contribution < 1.29 is 9.90 Å². The van der Waals surface area contributed by atoms with Crippen LogP contribution in [0, 0.1) is 11.3 Å². The largest absolute Gasteiger partial charge is 0.480 e. The predicted octanol–water partition coefficient (Wildman–Crippen LogP) is 1.68. The van der Waals surface area contributed by atoms with E-state index in [1.807, 2.05) is 6.07 Å². The highest BCUT2D eigenvalue weighted by molar-refractivity contribution is 5.86. The number of nitrogens with one attached hydrogen (secondary N) is 2. The number of nitrogens with zero attached hydrogens (tertiary/aromatic N) is 1. The van der Waals surface area contributed by atoms with Crippen LogP contribution in [-0.2, 0) is 11.2 Å². The molecule has 2 rings (SSSR count). The zero-order valence-corrected chi connectivity index (χ0v) is 11.1. The molecule has 1 heterocycles. The van der Waals surface area contributed by atoms with Crippen molar-refractivity contribution in [3.8, 4) is 6.07 Å². The number of hydrogen-bond acceptors (Lipinski definition) is 3. The normalized spacial score (nSPS) is 11.6. The van der Waals surface area contributed by atoms with Crippen LogP contribution in [0.2, 0.25) is 0 Å². The standard InChI is InChI=1S/C13H13N3O2.ClH/c1-15-12(13(17)18)5-9-7-16-11-3-2-8(6-14)4-10(9)11;/h2-4,7,12,15-16H,5H2,1H3,(H,17,18);1H. The fraction of sp³-hybridized carbons (Fsp3) is 0.231. The summed E-state index contributed by atoms with van der Waals surface area (Å²) < 4.78 is 0. The fourth-order valence-electron chi connectivity index (χ4n) is 1.95. The second-order valence-corrected chi connectivity index (χ2v) is 4.07. The van der Waals surface area contributed by atoms with Crippen LogP contribution in [0.25, 0.3) is 10.9 Å². The lowest BCUT2D eigenvalue weighted by molar-refractivity contribution is -0.139. The van der Waals surface area contributed by atoms with Crippen molar-refractivity contribution in [2.24, 2.45) is 0 Å². The third kappa shape index (κ3) is 3.05. The summed E-state index contributed by atoms with van der Waals surface area (Å²) in [7, 11) is 1.62. The van der Waals surface area contributed by atoms with Gasteiger partial charge in [0, 0.05) is 23.5 Å². The first-order valence-corrected chi connectivity index (χ1v) is 5.56. The highest BCUT2D eigenvalue weighted by Gasteiger charge is 2.17. The SMILES string of the molecule is CNC(Cc1c[nH]c2ccc(C#N)cc12)C(=O)O.Cl. The van der Waals surface area contributed by atoms with Gasteiger partial charge >= 0.3 is 5.97 Å². The van der Waals surface area contributed by atoms with Crippen molar-refractivity contribution >= 4 is 29.3 Å². The summed E-state index contributed by atoms with van der Waals surface area (Å²) in [4.78, 5) is 14.1. The molecule has 0 aliphatic carbocycles. The summed E-state index contributed by atoms with van der Waals surface area (Å²) in [6.07, 6.45) is 2.17. The molecule has 2 aromatic rings. The van der Waals surface area contributed by atoms with Crippen LogP contribution >= 0.6 is 12.4 Å². The molecule has 0 spiro atoms. The molecule has 0 radical (unpaired) electrons. The Hall–Kier alpha value is -2.03. The van der Waals surface area contributed by atoms with Crippen molar-refractivity contribution in [2.75, 3.05) is 7.05 Å². The molecular weight excluding hydrogens is 266 g/mol. The van der Waals surface area contributed by atoms with Gasteiger partial charge in [-0.2, -0.15) is 5.26 Å². The number of halogens is 1. The molecule has 0 saturated heterocycles. The molecule has 100 valence electrons. The lowest BCUT2D eigenvalue weighted by atomic mass is 10.0. The average Bonchev–Trinajstić information content (AvgIpc) is 2.77. The Morgan fingerprint density at radius 3 is 2.89 bits per heavy atom. The van der Waals surface area contributed by atoms with E-state index in [0.29, 0.717) is 12.0 Å². The van der Waals surface area contributed by atoms with Crippen LogP contribution in [-0.4, -0.2) is 29.1 Å². The van der Waals surface area contributed by atoms with E-state index < -0.39 is 12.0 Å². The molecule has 1 atom stereocenters. The zero-order valence-electron chi connectivity index (χ0n) is 10.3. The maximum absolute atomic E-state index is 11.0. The quantitative estimate of drug-likeness (QED) is 0.794. The predicted molar refractivity (Wildman–Crippen MR) is 74.4 cm³/mol. The maximum atomic E-state index is 11.0. The summed E-state index contributed by atoms with van der Waals surface area (Å²) in [6, 6.07) is 6.78. The topological polar surface area (TPSA) is 88.9 Å². The molecule has 0 aliphatic rings. The molecule has 1 aromatic carbocycles. The van der Waals surface area contributed by atoms with E-state index >= 15 is 0 Å². The van der Waals surface area contributed by atoms with Crippen molar-refractivity contribution in [1.29, 1.82) is 5.26 Å². The number of carboxylic acids is 1. The van der Waals surface area contributed by atoms with Crippen molar-refractivity contribution in [3.05, 3.63) is 35.5 Å². The molecule has 0 fully saturated rings. The Morgan fingerprint density at radius 2 is 2.32 bits per heavy atom. The van der Waals surface area contributed by atoms with E-state index in [1.54, 1.807) is 25.4 Å². The second kappa shape index (κ2) is 6.23. The van der Waals surface area contributed by atoms with E-state index in [9.17, 15) is 4.79 Å². The number of aromatic nitrogens is 1. The van der Waals surface area contributed by atoms with Crippen LogP contribution in [0.4, 0.5) is 0 Å². The summed E-state index contributed by atoms with van der Waals surface area (Å²) in [5, 5.41) is 21.5. The number of carboxylic acid groups (broad SMARTS) is 1. The summed E-state index contributed by atoms with van der Waals surface area (Å²) in [5.74, 6) is -0.886. The number of nitriles is 1. The van der Waals surface area contributed by atoms with Crippen molar-refractivity contribution in [2.45, 2.75) is 12.5 Å². The van der Waals surface area contributed by atoms with E-state index in [1.165, 1.54) is 0 Å². The number of H-pyrrole nitrogens is 1. The van der Waals surface area contributed by atoms with Gasteiger partial charge in [0.05, 0.1) is 11.6 Å². The van der Waals surface area contributed by atoms with E-state index in [2.05, 4.69) is 16.4 Å². The monoisotopic (exact) mass is 279 g/mol. The minimum absolute atomic E-state index is 0. The number of aromatic amines is 1. The number of aliphatic carboxylic acids is 1. The molecule has 6 heteroatoms. The van der Waals surface area contributed by atoms with Gasteiger partial charge in [0.15, 0.2) is 0 Å². The molecule has 0 amide bonds. The number of hydrogen-bond donors (Lipinski definition) is 3. The van der Waals surface area contributed by atoms with Gasteiger partial charge in [-0.15, -0.1) is 12.4 Å². The van der Waals surface area contributed by atoms with Crippen LogP contribution in [0.15, 0.2) is 24.4 Å². The van der Waals surface area contributed by atoms with Gasteiger partial charge in [-0.3, -0.25) is 4.79 Å². The van der Waals surface area contributed by atoms with Gasteiger partial charge in [0.2, 0.25) is 0 Å². The van der Waals surface area contributed by atoms with Gasteiger partial charge in [-0.05, 0) is 30.8 Å². The number of carbonyl (C=O) groups is 1. The van der Waals surface area contributed by atoms with Crippen molar-refractivity contribution in [3.63, 3.8) is 0 Å². The first kappa shape index (κ1) is 15.0. The van der Waals surface area contributed by atoms with E-state index in [4.69, 9.17) is 10.4 Å². The fourth-order valence-corrected chi connectivity index (χ4v) is 1.95. The summed E-state index contributed by atoms with van der Waals surface area (Å²) in [6.45, 7) is 0. The molecule has 3 N–H and O–H groups in total. The third-order valence-corrected chi connectivity index (χ3v) is 2.97. The van der Waals surface area contributed by atoms with E-state index in [-0.39, 0.29) is 12.4 Å². The Bertz CT molecular complexity index is 630. The van der Waals surface area contributed by atoms with Gasteiger partial charge in [0.1, 0.15) is 6.04 Å². The molecule has 19 heavy (non-hydrogen) atoms. The Morgan fingerprint density at radius 1 is 1.58 bits per heavy atom. The molecule has 5 nitrogen and oxygen atoms in total. The number of benzene rings is 1. The highest BCUT2D eigenvalue weighted by Crippen LogP contribution is 2.21. The van der Waals surface area contributed by atoms with Gasteiger partial charge in [-0.1, -0.05) is 0 Å². The molecule has 0 saturated carbocycles. The van der Waals surface area contributed by atoms with Crippen LogP contribution in [0.3, 0.4) is 0 Å². The molecule has 1 aromatic heterocycles. The smallest absolute Gasteiger partial charge is 0.321 e. The Balaban J connectivity index is 0.00000180. The maximum Gasteiger partial charge on any atom is 0.321 e. The highest BCUT2D eigenvalue weighted by atomic mass is 35.5. The van der Waals surface area contributed by atoms with Gasteiger partial charge in [0.25, 0.3) is 0 Å². The first-order chi connectivity index (χ1) is 8.65. The zero-order chi connectivity index (χ0) is 13.1. The lowest BCUT2D eigenvalue weighted by Crippen LogP contribution is -2.35. The second-order valence-electron chi connectivity index (χ2n) is 4.07. The number of likely N-dealkylation sites (N-methyl/N-ethyl adjacent to an activating group) is 1. The molecule has 0 bridgehead atoms. The minimum atomic E-state index is -0.886. The van der Waals surface area contributed by atoms with Crippen LogP contribution < -0.4 is 5.32 Å².